The van der Waals surface area contributed by atoms with E-state index in [1.54, 1.807) is 6.07 Å². The van der Waals surface area contributed by atoms with Crippen LogP contribution in [0.4, 0.5) is 10.1 Å². The Hall–Kier alpha value is -2.33. The Morgan fingerprint density at radius 3 is 2.57 bits per heavy atom. The maximum atomic E-state index is 13.6. The van der Waals surface area contributed by atoms with Gasteiger partial charge in [-0.1, -0.05) is 12.1 Å². The van der Waals surface area contributed by atoms with Crippen LogP contribution < -0.4 is 5.32 Å². The van der Waals surface area contributed by atoms with Gasteiger partial charge >= 0.3 is 0 Å². The molecular weight excluding hydrogens is 293 g/mol. The molecule has 3 nitrogen and oxygen atoms in total. The minimum absolute atomic E-state index is 0.00761. The fourth-order valence-electron chi connectivity index (χ4n) is 3.34. The number of nitrogens with one attached hydrogen (secondary N) is 1. The van der Waals surface area contributed by atoms with Gasteiger partial charge in [-0.3, -0.25) is 0 Å². The number of hydrogen-bond acceptors (Lipinski definition) is 3. The molecule has 0 atom stereocenters. The molecule has 0 unspecified atom stereocenters. The van der Waals surface area contributed by atoms with E-state index in [-0.39, 0.29) is 17.9 Å². The molecule has 1 heterocycles. The summed E-state index contributed by atoms with van der Waals surface area (Å²) in [6.45, 7) is 5.95. The summed E-state index contributed by atoms with van der Waals surface area (Å²) in [5.41, 5.74) is 4.41. The number of allylic oxidation sites excluding steroid dienone is 1. The number of phenolic OH excluding ortho intramolecular Hbond substituents is 1. The van der Waals surface area contributed by atoms with Crippen molar-refractivity contribution in [2.24, 2.45) is 0 Å². The maximum absolute atomic E-state index is 13.6. The van der Waals surface area contributed by atoms with Crippen molar-refractivity contribution in [2.75, 3.05) is 5.32 Å². The third kappa shape index (κ3) is 2.70. The standard InChI is InChI=1S/C19H20FNO2/c1-11-9-19(2,3)21-16-6-5-13(15(10-22)18(11)16)14-8-12(20)4-7-17(14)23/h4-9,21-23H,10H2,1-3H3. The number of halogens is 1. The van der Waals surface area contributed by atoms with E-state index in [1.807, 2.05) is 13.0 Å². The van der Waals surface area contributed by atoms with Gasteiger partial charge in [0.05, 0.1) is 12.1 Å². The highest BCUT2D eigenvalue weighted by molar-refractivity contribution is 5.88. The van der Waals surface area contributed by atoms with Gasteiger partial charge in [-0.25, -0.2) is 4.39 Å². The molecule has 3 N–H and O–H groups in total. The van der Waals surface area contributed by atoms with Gasteiger partial charge in [0.15, 0.2) is 0 Å². The summed E-state index contributed by atoms with van der Waals surface area (Å²) in [7, 11) is 0. The summed E-state index contributed by atoms with van der Waals surface area (Å²) < 4.78 is 13.6. The number of aromatic hydroxyl groups is 1. The molecule has 23 heavy (non-hydrogen) atoms. The zero-order valence-electron chi connectivity index (χ0n) is 13.4. The second kappa shape index (κ2) is 5.39. The molecule has 0 radical (unpaired) electrons. The molecule has 0 fully saturated rings. The van der Waals surface area contributed by atoms with E-state index in [2.05, 4.69) is 25.2 Å². The van der Waals surface area contributed by atoms with Crippen LogP contribution in [0, 0.1) is 5.82 Å². The third-order valence-electron chi connectivity index (χ3n) is 4.15. The first kappa shape index (κ1) is 15.6. The quantitative estimate of drug-likeness (QED) is 0.775. The topological polar surface area (TPSA) is 52.5 Å². The summed E-state index contributed by atoms with van der Waals surface area (Å²) >= 11 is 0. The summed E-state index contributed by atoms with van der Waals surface area (Å²) in [5.74, 6) is -0.433. The predicted octanol–water partition coefficient (Wildman–Crippen LogP) is 4.30. The van der Waals surface area contributed by atoms with E-state index in [0.29, 0.717) is 16.7 Å². The Morgan fingerprint density at radius 2 is 1.87 bits per heavy atom. The van der Waals surface area contributed by atoms with Gasteiger partial charge in [-0.2, -0.15) is 0 Å². The first-order chi connectivity index (χ1) is 10.8. The maximum Gasteiger partial charge on any atom is 0.124 e. The minimum Gasteiger partial charge on any atom is -0.507 e. The molecule has 1 aliphatic rings. The van der Waals surface area contributed by atoms with E-state index in [9.17, 15) is 14.6 Å². The van der Waals surface area contributed by atoms with E-state index in [0.717, 1.165) is 16.8 Å². The van der Waals surface area contributed by atoms with Crippen molar-refractivity contribution in [2.45, 2.75) is 32.9 Å². The zero-order valence-corrected chi connectivity index (χ0v) is 13.4. The number of benzene rings is 2. The van der Waals surface area contributed by atoms with Crippen LogP contribution in [-0.2, 0) is 6.61 Å². The molecule has 0 saturated heterocycles. The van der Waals surface area contributed by atoms with Crippen molar-refractivity contribution in [3.8, 4) is 16.9 Å². The summed E-state index contributed by atoms with van der Waals surface area (Å²) in [4.78, 5) is 0. The average molecular weight is 313 g/mol. The summed E-state index contributed by atoms with van der Waals surface area (Å²) in [6.07, 6.45) is 2.10. The minimum atomic E-state index is -0.425. The Labute approximate surface area is 135 Å². The number of aliphatic hydroxyl groups is 1. The molecule has 0 spiro atoms. The molecule has 120 valence electrons. The number of phenols is 1. The fraction of sp³-hybridized carbons (Fsp3) is 0.263. The molecule has 2 aromatic carbocycles. The first-order valence-corrected chi connectivity index (χ1v) is 7.56. The SMILES string of the molecule is CC1=CC(C)(C)Nc2ccc(-c3cc(F)ccc3O)c(CO)c21. The fourth-order valence-corrected chi connectivity index (χ4v) is 3.34. The summed E-state index contributed by atoms with van der Waals surface area (Å²) in [5, 5.41) is 23.4. The van der Waals surface area contributed by atoms with E-state index >= 15 is 0 Å². The molecule has 1 aliphatic heterocycles. The van der Waals surface area contributed by atoms with Gasteiger partial charge in [0.2, 0.25) is 0 Å². The van der Waals surface area contributed by atoms with Gasteiger partial charge in [0.1, 0.15) is 11.6 Å². The Balaban J connectivity index is 2.26. The van der Waals surface area contributed by atoms with Gasteiger partial charge < -0.3 is 15.5 Å². The number of anilines is 1. The van der Waals surface area contributed by atoms with Crippen LogP contribution in [0.25, 0.3) is 16.7 Å². The van der Waals surface area contributed by atoms with E-state index < -0.39 is 5.82 Å². The van der Waals surface area contributed by atoms with Crippen LogP contribution in [0.5, 0.6) is 5.75 Å². The molecule has 0 amide bonds. The monoisotopic (exact) mass is 313 g/mol. The highest BCUT2D eigenvalue weighted by atomic mass is 19.1. The third-order valence-corrected chi connectivity index (χ3v) is 4.15. The van der Waals surface area contributed by atoms with E-state index in [4.69, 9.17) is 0 Å². The van der Waals surface area contributed by atoms with Gasteiger partial charge in [-0.05, 0) is 61.7 Å². The van der Waals surface area contributed by atoms with Crippen molar-refractivity contribution >= 4 is 11.3 Å². The lowest BCUT2D eigenvalue weighted by Gasteiger charge is -2.33. The summed E-state index contributed by atoms with van der Waals surface area (Å²) in [6, 6.07) is 7.54. The number of fused-ring (bicyclic) bond motifs is 1. The Morgan fingerprint density at radius 1 is 1.13 bits per heavy atom. The lowest BCUT2D eigenvalue weighted by molar-refractivity contribution is 0.282. The smallest absolute Gasteiger partial charge is 0.124 e. The van der Waals surface area contributed by atoms with Crippen molar-refractivity contribution in [1.82, 2.24) is 0 Å². The highest BCUT2D eigenvalue weighted by Gasteiger charge is 2.26. The lowest BCUT2D eigenvalue weighted by Crippen LogP contribution is -2.31. The number of hydrogen-bond donors (Lipinski definition) is 3. The Kier molecular flexibility index (Phi) is 3.65. The van der Waals surface area contributed by atoms with Crippen LogP contribution in [0.2, 0.25) is 0 Å². The molecule has 0 aromatic heterocycles. The van der Waals surface area contributed by atoms with E-state index in [1.165, 1.54) is 18.2 Å². The molecular formula is C19H20FNO2. The lowest BCUT2D eigenvalue weighted by atomic mass is 9.85. The second-order valence-electron chi connectivity index (χ2n) is 6.51. The second-order valence-corrected chi connectivity index (χ2v) is 6.51. The van der Waals surface area contributed by atoms with Gasteiger partial charge in [-0.15, -0.1) is 0 Å². The molecule has 0 saturated carbocycles. The van der Waals surface area contributed by atoms with Crippen molar-refractivity contribution in [3.05, 3.63) is 53.4 Å². The van der Waals surface area contributed by atoms with Gasteiger partial charge in [0, 0.05) is 16.8 Å². The molecule has 3 rings (SSSR count). The van der Waals surface area contributed by atoms with Crippen molar-refractivity contribution in [3.63, 3.8) is 0 Å². The van der Waals surface area contributed by atoms with Crippen LogP contribution >= 0.6 is 0 Å². The molecule has 2 aromatic rings. The number of rotatable bonds is 2. The predicted molar refractivity (Wildman–Crippen MR) is 90.8 cm³/mol. The highest BCUT2D eigenvalue weighted by Crippen LogP contribution is 2.42. The van der Waals surface area contributed by atoms with Gasteiger partial charge in [0.25, 0.3) is 0 Å². The number of aliphatic hydroxyl groups excluding tert-OH is 1. The average Bonchev–Trinajstić information content (AvgIpc) is 2.47. The van der Waals surface area contributed by atoms with Crippen LogP contribution in [0.15, 0.2) is 36.4 Å². The zero-order chi connectivity index (χ0) is 16.8. The van der Waals surface area contributed by atoms with Crippen LogP contribution in [0.1, 0.15) is 31.9 Å². The molecule has 4 heteroatoms. The molecule has 0 aliphatic carbocycles. The Bertz CT molecular complexity index is 809. The molecule has 0 bridgehead atoms. The van der Waals surface area contributed by atoms with Crippen LogP contribution in [-0.4, -0.2) is 15.8 Å². The van der Waals surface area contributed by atoms with Crippen molar-refractivity contribution in [1.29, 1.82) is 0 Å². The first-order valence-electron chi connectivity index (χ1n) is 7.56. The normalized spacial score (nSPS) is 15.6. The van der Waals surface area contributed by atoms with Crippen molar-refractivity contribution < 1.29 is 14.6 Å². The van der Waals surface area contributed by atoms with Crippen LogP contribution in [0.3, 0.4) is 0 Å². The largest absolute Gasteiger partial charge is 0.507 e.